The number of thiocarbonyl (C=S) groups is 1. The summed E-state index contributed by atoms with van der Waals surface area (Å²) >= 11 is 10.1. The zero-order valence-corrected chi connectivity index (χ0v) is 19.7. The maximum Gasteiger partial charge on any atom is 0.333 e. The number of rotatable bonds is 7. The van der Waals surface area contributed by atoms with Crippen LogP contribution in [-0.2, 0) is 14.3 Å². The molecule has 0 aromatic heterocycles. The average molecular weight is 506 g/mol. The first-order valence-corrected chi connectivity index (χ1v) is 11.3. The lowest BCUT2D eigenvalue weighted by atomic mass is 10.1. The van der Waals surface area contributed by atoms with Gasteiger partial charge >= 0.3 is 5.97 Å². The topological polar surface area (TPSA) is 55.8 Å². The molecule has 1 aliphatic heterocycles. The van der Waals surface area contributed by atoms with Crippen LogP contribution >= 0.6 is 39.9 Å². The Hall–Kier alpha value is -2.16. The third-order valence-corrected chi connectivity index (χ3v) is 6.29. The first-order valence-electron chi connectivity index (χ1n) is 9.28. The highest BCUT2D eigenvalue weighted by Gasteiger charge is 2.42. The third kappa shape index (κ3) is 4.94. The smallest absolute Gasteiger partial charge is 0.333 e. The Morgan fingerprint density at radius 3 is 2.63 bits per heavy atom. The van der Waals surface area contributed by atoms with E-state index in [4.69, 9.17) is 21.7 Å². The van der Waals surface area contributed by atoms with Crippen molar-refractivity contribution in [2.45, 2.75) is 19.4 Å². The second-order valence-corrected chi connectivity index (χ2v) is 8.96. The largest absolute Gasteiger partial charge is 0.496 e. The van der Waals surface area contributed by atoms with Gasteiger partial charge in [0.25, 0.3) is 5.91 Å². The molecule has 0 saturated carbocycles. The van der Waals surface area contributed by atoms with Crippen molar-refractivity contribution in [3.63, 3.8) is 0 Å². The highest BCUT2D eigenvalue weighted by molar-refractivity contribution is 9.10. The zero-order valence-electron chi connectivity index (χ0n) is 16.5. The van der Waals surface area contributed by atoms with E-state index in [2.05, 4.69) is 15.9 Å². The van der Waals surface area contributed by atoms with Crippen LogP contribution in [0.15, 0.2) is 57.9 Å². The lowest BCUT2D eigenvalue weighted by Gasteiger charge is -2.25. The summed E-state index contributed by atoms with van der Waals surface area (Å²) in [6.07, 6.45) is 2.45. The second-order valence-electron chi connectivity index (χ2n) is 6.43. The normalized spacial score (nSPS) is 16.1. The van der Waals surface area contributed by atoms with E-state index in [1.54, 1.807) is 25.3 Å². The van der Waals surface area contributed by atoms with Gasteiger partial charge in [-0.25, -0.2) is 4.79 Å². The molecule has 0 bridgehead atoms. The number of hydrogen-bond donors (Lipinski definition) is 0. The molecule has 2 aromatic carbocycles. The molecule has 1 atom stereocenters. The number of halogens is 1. The summed E-state index contributed by atoms with van der Waals surface area (Å²) in [6.45, 7) is 2.20. The molecule has 0 aliphatic carbocycles. The molecule has 1 fully saturated rings. The summed E-state index contributed by atoms with van der Waals surface area (Å²) in [6, 6.07) is 13.7. The van der Waals surface area contributed by atoms with Gasteiger partial charge in [-0.15, -0.1) is 0 Å². The molecule has 8 heteroatoms. The van der Waals surface area contributed by atoms with Crippen LogP contribution in [0.25, 0.3) is 6.08 Å². The van der Waals surface area contributed by atoms with Crippen LogP contribution in [0.3, 0.4) is 0 Å². The van der Waals surface area contributed by atoms with Crippen molar-refractivity contribution in [2.75, 3.05) is 13.7 Å². The zero-order chi connectivity index (χ0) is 21.7. The van der Waals surface area contributed by atoms with Crippen LogP contribution < -0.4 is 4.74 Å². The van der Waals surface area contributed by atoms with Crippen LogP contribution in [-0.4, -0.2) is 34.8 Å². The van der Waals surface area contributed by atoms with Crippen molar-refractivity contribution < 1.29 is 19.1 Å². The van der Waals surface area contributed by atoms with E-state index >= 15 is 0 Å². The van der Waals surface area contributed by atoms with Crippen LogP contribution in [0.4, 0.5) is 0 Å². The van der Waals surface area contributed by atoms with Crippen LogP contribution in [0.5, 0.6) is 5.75 Å². The molecule has 2 aromatic rings. The number of benzene rings is 2. The number of carbonyl (C=O) groups excluding carboxylic acids is 2. The number of amides is 1. The quantitative estimate of drug-likeness (QED) is 0.287. The number of methoxy groups -OCH3 is 1. The van der Waals surface area contributed by atoms with Gasteiger partial charge < -0.3 is 9.47 Å². The maximum absolute atomic E-state index is 13.2. The Labute approximate surface area is 193 Å². The van der Waals surface area contributed by atoms with Gasteiger partial charge in [0, 0.05) is 0 Å². The minimum atomic E-state index is -0.918. The number of thioether (sulfide) groups is 1. The Morgan fingerprint density at radius 2 is 2.00 bits per heavy atom. The van der Waals surface area contributed by atoms with Crippen LogP contribution in [0, 0.1) is 0 Å². The molecule has 1 aliphatic rings. The molecular weight excluding hydrogens is 486 g/mol. The minimum Gasteiger partial charge on any atom is -0.496 e. The summed E-state index contributed by atoms with van der Waals surface area (Å²) in [5.74, 6) is -0.116. The van der Waals surface area contributed by atoms with Crippen LogP contribution in [0.1, 0.15) is 30.5 Å². The Morgan fingerprint density at radius 1 is 1.27 bits per heavy atom. The van der Waals surface area contributed by atoms with Crippen molar-refractivity contribution in [2.24, 2.45) is 0 Å². The number of nitrogens with zero attached hydrogens (tertiary/aromatic N) is 1. The molecule has 156 valence electrons. The fraction of sp³-hybridized carbons (Fsp3) is 0.227. The van der Waals surface area contributed by atoms with Gasteiger partial charge in [-0.2, -0.15) is 0 Å². The van der Waals surface area contributed by atoms with Gasteiger partial charge in [0.2, 0.25) is 0 Å². The molecule has 0 N–H and O–H groups in total. The van der Waals surface area contributed by atoms with Gasteiger partial charge in [-0.1, -0.05) is 67.3 Å². The highest BCUT2D eigenvalue weighted by Crippen LogP contribution is 2.39. The van der Waals surface area contributed by atoms with Crippen molar-refractivity contribution in [3.05, 3.63) is 69.0 Å². The highest BCUT2D eigenvalue weighted by atomic mass is 79.9. The van der Waals surface area contributed by atoms with Gasteiger partial charge in [0.15, 0.2) is 6.04 Å². The first kappa shape index (κ1) is 22.5. The molecule has 3 rings (SSSR count). The van der Waals surface area contributed by atoms with E-state index < -0.39 is 12.0 Å². The fourth-order valence-corrected chi connectivity index (χ4v) is 4.81. The number of esters is 1. The van der Waals surface area contributed by atoms with Gasteiger partial charge in [0.05, 0.1) is 23.1 Å². The predicted octanol–water partition coefficient (Wildman–Crippen LogP) is 5.35. The molecule has 1 unspecified atom stereocenters. The summed E-state index contributed by atoms with van der Waals surface area (Å²) in [5.41, 5.74) is 1.47. The molecule has 5 nitrogen and oxygen atoms in total. The fourth-order valence-electron chi connectivity index (χ4n) is 2.93. The monoisotopic (exact) mass is 505 g/mol. The van der Waals surface area contributed by atoms with Crippen molar-refractivity contribution in [1.82, 2.24) is 4.90 Å². The molecule has 30 heavy (non-hydrogen) atoms. The Balaban J connectivity index is 1.94. The van der Waals surface area contributed by atoms with Gasteiger partial charge in [-0.05, 0) is 51.7 Å². The van der Waals surface area contributed by atoms with Crippen molar-refractivity contribution in [1.29, 1.82) is 0 Å². The lowest BCUT2D eigenvalue weighted by molar-refractivity contribution is -0.151. The van der Waals surface area contributed by atoms with E-state index in [0.29, 0.717) is 27.0 Å². The van der Waals surface area contributed by atoms with Crippen LogP contribution in [0.2, 0.25) is 0 Å². The molecule has 1 saturated heterocycles. The average Bonchev–Trinajstić information content (AvgIpc) is 3.01. The first-order chi connectivity index (χ1) is 14.5. The lowest BCUT2D eigenvalue weighted by Crippen LogP contribution is -2.38. The van der Waals surface area contributed by atoms with Gasteiger partial charge in [-0.3, -0.25) is 9.69 Å². The summed E-state index contributed by atoms with van der Waals surface area (Å²) < 4.78 is 11.7. The van der Waals surface area contributed by atoms with E-state index in [0.717, 1.165) is 10.0 Å². The summed E-state index contributed by atoms with van der Waals surface area (Å²) in [4.78, 5) is 27.9. The van der Waals surface area contributed by atoms with E-state index in [1.807, 2.05) is 43.3 Å². The van der Waals surface area contributed by atoms with E-state index in [-0.39, 0.29) is 12.5 Å². The van der Waals surface area contributed by atoms with Crippen molar-refractivity contribution in [3.8, 4) is 5.75 Å². The second kappa shape index (κ2) is 10.2. The number of hydrogen-bond acceptors (Lipinski definition) is 6. The van der Waals surface area contributed by atoms with E-state index in [9.17, 15) is 9.59 Å². The molecule has 0 spiro atoms. The molecule has 1 amide bonds. The standard InChI is InChI=1S/C22H20BrNO4S2/c1-3-11-28-21(26)19(15-7-5-4-6-8-15)24-20(25)18(30-22(24)29)13-14-9-10-17(27-2)16(23)12-14/h4-10,12-13,19H,3,11H2,1-2H3/b18-13+. The summed E-state index contributed by atoms with van der Waals surface area (Å²) in [5, 5.41) is 0. The SMILES string of the molecule is CCCOC(=O)C(c1ccccc1)N1C(=O)/C(=C\c2ccc(OC)c(Br)c2)SC1=S. The predicted molar refractivity (Wildman–Crippen MR) is 126 cm³/mol. The number of ether oxygens (including phenoxy) is 2. The van der Waals surface area contributed by atoms with Crippen molar-refractivity contribution >= 4 is 62.2 Å². The molecule has 1 heterocycles. The Kier molecular flexibility index (Phi) is 7.69. The molecule has 0 radical (unpaired) electrons. The Bertz CT molecular complexity index is 994. The molecular formula is C22H20BrNO4S2. The number of carbonyl (C=O) groups is 2. The summed E-state index contributed by atoms with van der Waals surface area (Å²) in [7, 11) is 1.59. The van der Waals surface area contributed by atoms with E-state index in [1.165, 1.54) is 16.7 Å². The third-order valence-electron chi connectivity index (χ3n) is 4.34. The maximum atomic E-state index is 13.2. The van der Waals surface area contributed by atoms with Gasteiger partial charge in [0.1, 0.15) is 10.1 Å². The minimum absolute atomic E-state index is 0.284.